The fourth-order valence-electron chi connectivity index (χ4n) is 2.11. The monoisotopic (exact) mass is 280 g/mol. The molecule has 0 aliphatic rings. The molecule has 20 heavy (non-hydrogen) atoms. The highest BCUT2D eigenvalue weighted by atomic mass is 19.1. The van der Waals surface area contributed by atoms with E-state index in [1.54, 1.807) is 6.92 Å². The van der Waals surface area contributed by atoms with Crippen molar-refractivity contribution in [3.8, 4) is 0 Å². The predicted molar refractivity (Wildman–Crippen MR) is 81.2 cm³/mol. The van der Waals surface area contributed by atoms with Crippen molar-refractivity contribution in [3.63, 3.8) is 0 Å². The number of anilines is 1. The number of nitrogens with one attached hydrogen (secondary N) is 1. The first-order valence-electron chi connectivity index (χ1n) is 7.33. The van der Waals surface area contributed by atoms with Crippen molar-refractivity contribution in [3.05, 3.63) is 29.1 Å². The van der Waals surface area contributed by atoms with Crippen molar-refractivity contribution in [2.45, 2.75) is 46.5 Å². The van der Waals surface area contributed by atoms with Gasteiger partial charge in [-0.1, -0.05) is 33.1 Å². The number of rotatable bonds is 7. The average Bonchev–Trinajstić information content (AvgIpc) is 2.44. The molecule has 1 aromatic carbocycles. The molecule has 0 aliphatic heterocycles. The second-order valence-corrected chi connectivity index (χ2v) is 5.30. The van der Waals surface area contributed by atoms with Crippen LogP contribution in [0, 0.1) is 18.7 Å². The number of halogens is 1. The number of nitrogen functional groups attached to an aromatic ring is 1. The summed E-state index contributed by atoms with van der Waals surface area (Å²) in [4.78, 5) is 12.0. The minimum absolute atomic E-state index is 0.259. The number of amides is 1. The highest BCUT2D eigenvalue weighted by molar-refractivity contribution is 5.95. The van der Waals surface area contributed by atoms with Crippen LogP contribution in [-0.4, -0.2) is 12.5 Å². The van der Waals surface area contributed by atoms with Gasteiger partial charge in [0.15, 0.2) is 0 Å². The van der Waals surface area contributed by atoms with Crippen LogP contribution in [0.25, 0.3) is 0 Å². The van der Waals surface area contributed by atoms with Gasteiger partial charge in [-0.15, -0.1) is 0 Å². The maximum absolute atomic E-state index is 13.6. The van der Waals surface area contributed by atoms with Gasteiger partial charge in [-0.3, -0.25) is 4.79 Å². The van der Waals surface area contributed by atoms with Gasteiger partial charge in [0.25, 0.3) is 5.91 Å². The van der Waals surface area contributed by atoms with Crippen LogP contribution in [0.3, 0.4) is 0 Å². The second-order valence-electron chi connectivity index (χ2n) is 5.30. The van der Waals surface area contributed by atoms with Gasteiger partial charge in [0.2, 0.25) is 0 Å². The van der Waals surface area contributed by atoms with Crippen LogP contribution in [0.1, 0.15) is 55.5 Å². The molecule has 1 unspecified atom stereocenters. The highest BCUT2D eigenvalue weighted by Crippen LogP contribution is 2.18. The Balaban J connectivity index is 2.62. The summed E-state index contributed by atoms with van der Waals surface area (Å²) in [6, 6.07) is 2.77. The Morgan fingerprint density at radius 3 is 2.65 bits per heavy atom. The van der Waals surface area contributed by atoms with Crippen LogP contribution in [0.5, 0.6) is 0 Å². The first kappa shape index (κ1) is 16.5. The zero-order valence-corrected chi connectivity index (χ0v) is 12.6. The van der Waals surface area contributed by atoms with Crippen molar-refractivity contribution >= 4 is 11.6 Å². The quantitative estimate of drug-likeness (QED) is 0.749. The van der Waals surface area contributed by atoms with Gasteiger partial charge in [0, 0.05) is 23.4 Å². The summed E-state index contributed by atoms with van der Waals surface area (Å²) in [5.74, 6) is -0.217. The molecule has 1 atom stereocenters. The van der Waals surface area contributed by atoms with Crippen LogP contribution < -0.4 is 11.1 Å². The molecule has 3 N–H and O–H groups in total. The van der Waals surface area contributed by atoms with Crippen LogP contribution in [-0.2, 0) is 0 Å². The minimum Gasteiger partial charge on any atom is -0.398 e. The zero-order valence-electron chi connectivity index (χ0n) is 12.6. The Labute approximate surface area is 120 Å². The average molecular weight is 280 g/mol. The van der Waals surface area contributed by atoms with E-state index in [1.165, 1.54) is 18.6 Å². The van der Waals surface area contributed by atoms with E-state index in [2.05, 4.69) is 19.2 Å². The van der Waals surface area contributed by atoms with Gasteiger partial charge >= 0.3 is 0 Å². The van der Waals surface area contributed by atoms with Crippen molar-refractivity contribution in [2.75, 3.05) is 12.3 Å². The Kier molecular flexibility index (Phi) is 6.49. The van der Waals surface area contributed by atoms with E-state index < -0.39 is 5.82 Å². The minimum atomic E-state index is -0.437. The molecule has 0 aromatic heterocycles. The molecule has 0 bridgehead atoms. The molecule has 0 saturated heterocycles. The van der Waals surface area contributed by atoms with E-state index in [0.29, 0.717) is 23.7 Å². The lowest BCUT2D eigenvalue weighted by Crippen LogP contribution is -2.29. The van der Waals surface area contributed by atoms with Crippen LogP contribution in [0.4, 0.5) is 10.1 Å². The Hall–Kier alpha value is -1.58. The number of carbonyl (C=O) groups excluding carboxylic acids is 1. The lowest BCUT2D eigenvalue weighted by Gasteiger charge is -2.15. The smallest absolute Gasteiger partial charge is 0.251 e. The first-order chi connectivity index (χ1) is 9.49. The van der Waals surface area contributed by atoms with Crippen molar-refractivity contribution < 1.29 is 9.18 Å². The van der Waals surface area contributed by atoms with E-state index in [9.17, 15) is 9.18 Å². The molecular weight excluding hydrogens is 255 g/mol. The zero-order chi connectivity index (χ0) is 15.1. The predicted octanol–water partition coefficient (Wildman–Crippen LogP) is 3.66. The number of hydrogen-bond donors (Lipinski definition) is 2. The summed E-state index contributed by atoms with van der Waals surface area (Å²) in [5.41, 5.74) is 6.67. The van der Waals surface area contributed by atoms with Crippen LogP contribution in [0.2, 0.25) is 0 Å². The van der Waals surface area contributed by atoms with E-state index in [1.807, 2.05) is 0 Å². The Bertz CT molecular complexity index is 437. The van der Waals surface area contributed by atoms with Gasteiger partial charge < -0.3 is 11.1 Å². The molecule has 3 nitrogen and oxygen atoms in total. The van der Waals surface area contributed by atoms with E-state index in [0.717, 1.165) is 19.3 Å². The molecular formula is C16H25FN2O. The number of hydrogen-bond acceptors (Lipinski definition) is 2. The SMILES string of the molecule is CCCCC(CC)CNC(=O)c1cc(N)c(C)c(F)c1. The topological polar surface area (TPSA) is 55.1 Å². The molecule has 1 rings (SSSR count). The fourth-order valence-corrected chi connectivity index (χ4v) is 2.11. The standard InChI is InChI=1S/C16H25FN2O/c1-4-6-7-12(5-2)10-19-16(20)13-8-14(17)11(3)15(18)9-13/h8-9,12H,4-7,10,18H2,1-3H3,(H,19,20). The molecule has 0 radical (unpaired) electrons. The molecule has 112 valence electrons. The summed E-state index contributed by atoms with van der Waals surface area (Å²) < 4.78 is 13.6. The van der Waals surface area contributed by atoms with Crippen molar-refractivity contribution in [1.82, 2.24) is 5.32 Å². The maximum atomic E-state index is 13.6. The van der Waals surface area contributed by atoms with Gasteiger partial charge in [0.05, 0.1) is 0 Å². The normalized spacial score (nSPS) is 12.2. The third kappa shape index (κ3) is 4.51. The Morgan fingerprint density at radius 1 is 1.40 bits per heavy atom. The lowest BCUT2D eigenvalue weighted by molar-refractivity contribution is 0.0945. The number of unbranched alkanes of at least 4 members (excludes halogenated alkanes) is 1. The molecule has 0 saturated carbocycles. The van der Waals surface area contributed by atoms with E-state index in [4.69, 9.17) is 5.73 Å². The lowest BCUT2D eigenvalue weighted by atomic mass is 9.99. The van der Waals surface area contributed by atoms with Crippen LogP contribution >= 0.6 is 0 Å². The molecule has 4 heteroatoms. The largest absolute Gasteiger partial charge is 0.398 e. The third-order valence-electron chi connectivity index (χ3n) is 3.74. The van der Waals surface area contributed by atoms with Gasteiger partial charge in [-0.2, -0.15) is 0 Å². The molecule has 1 aromatic rings. The molecule has 0 fully saturated rings. The van der Waals surface area contributed by atoms with Crippen LogP contribution in [0.15, 0.2) is 12.1 Å². The summed E-state index contributed by atoms with van der Waals surface area (Å²) in [6.45, 7) is 6.51. The number of benzene rings is 1. The van der Waals surface area contributed by atoms with Crippen molar-refractivity contribution in [2.24, 2.45) is 5.92 Å². The summed E-state index contributed by atoms with van der Waals surface area (Å²) in [5, 5.41) is 2.87. The molecule has 1 amide bonds. The maximum Gasteiger partial charge on any atom is 0.251 e. The first-order valence-corrected chi connectivity index (χ1v) is 7.33. The number of nitrogens with two attached hydrogens (primary N) is 1. The summed E-state index contributed by atoms with van der Waals surface area (Å²) in [6.07, 6.45) is 4.47. The highest BCUT2D eigenvalue weighted by Gasteiger charge is 2.13. The number of carbonyl (C=O) groups is 1. The van der Waals surface area contributed by atoms with Gasteiger partial charge in [0.1, 0.15) is 5.82 Å². The molecule has 0 spiro atoms. The summed E-state index contributed by atoms with van der Waals surface area (Å²) >= 11 is 0. The Morgan fingerprint density at radius 2 is 2.10 bits per heavy atom. The molecule has 0 aliphatic carbocycles. The molecule has 0 heterocycles. The summed E-state index contributed by atoms with van der Waals surface area (Å²) in [7, 11) is 0. The van der Waals surface area contributed by atoms with E-state index >= 15 is 0 Å². The second kappa shape index (κ2) is 7.88. The van der Waals surface area contributed by atoms with Gasteiger partial charge in [-0.25, -0.2) is 4.39 Å². The van der Waals surface area contributed by atoms with Crippen molar-refractivity contribution in [1.29, 1.82) is 0 Å². The van der Waals surface area contributed by atoms with Gasteiger partial charge in [-0.05, 0) is 31.4 Å². The third-order valence-corrected chi connectivity index (χ3v) is 3.74. The van der Waals surface area contributed by atoms with E-state index in [-0.39, 0.29) is 11.5 Å². The fraction of sp³-hybridized carbons (Fsp3) is 0.562.